The van der Waals surface area contributed by atoms with Gasteiger partial charge < -0.3 is 5.32 Å². The van der Waals surface area contributed by atoms with Crippen molar-refractivity contribution in [3.8, 4) is 11.4 Å². The third-order valence-electron chi connectivity index (χ3n) is 4.01. The molecule has 4 heteroatoms. The predicted molar refractivity (Wildman–Crippen MR) is 80.2 cm³/mol. The number of hydrogen-bond acceptors (Lipinski definition) is 3. The van der Waals surface area contributed by atoms with Crippen LogP contribution in [0.1, 0.15) is 17.0 Å². The summed E-state index contributed by atoms with van der Waals surface area (Å²) in [6.07, 6.45) is 0. The molecule has 1 aliphatic heterocycles. The SMILES string of the molecule is Cc1nc(-c2ccc(F)c3ccccc23)nc2c1CNC2. The monoisotopic (exact) mass is 279 g/mol. The Morgan fingerprint density at radius 3 is 2.67 bits per heavy atom. The quantitative estimate of drug-likeness (QED) is 0.742. The number of halogens is 1. The van der Waals surface area contributed by atoms with Gasteiger partial charge >= 0.3 is 0 Å². The molecule has 104 valence electrons. The van der Waals surface area contributed by atoms with Gasteiger partial charge in [-0.1, -0.05) is 24.3 Å². The lowest BCUT2D eigenvalue weighted by atomic mass is 10.0. The van der Waals surface area contributed by atoms with Crippen molar-refractivity contribution < 1.29 is 4.39 Å². The summed E-state index contributed by atoms with van der Waals surface area (Å²) in [4.78, 5) is 9.29. The number of fused-ring (bicyclic) bond motifs is 2. The van der Waals surface area contributed by atoms with Gasteiger partial charge in [-0.25, -0.2) is 14.4 Å². The van der Waals surface area contributed by atoms with Crippen molar-refractivity contribution in [2.45, 2.75) is 20.0 Å². The fraction of sp³-hybridized carbons (Fsp3) is 0.176. The summed E-state index contributed by atoms with van der Waals surface area (Å²) in [7, 11) is 0. The lowest BCUT2D eigenvalue weighted by molar-refractivity contribution is 0.640. The summed E-state index contributed by atoms with van der Waals surface area (Å²) >= 11 is 0. The van der Waals surface area contributed by atoms with Crippen LogP contribution in [0.15, 0.2) is 36.4 Å². The average Bonchev–Trinajstić information content (AvgIpc) is 2.97. The Balaban J connectivity index is 1.99. The average molecular weight is 279 g/mol. The Morgan fingerprint density at radius 1 is 1.00 bits per heavy atom. The van der Waals surface area contributed by atoms with E-state index < -0.39 is 0 Å². The van der Waals surface area contributed by atoms with E-state index in [1.807, 2.05) is 25.1 Å². The van der Waals surface area contributed by atoms with Crippen molar-refractivity contribution in [1.29, 1.82) is 0 Å². The largest absolute Gasteiger partial charge is 0.307 e. The second kappa shape index (κ2) is 4.60. The van der Waals surface area contributed by atoms with Crippen LogP contribution in [-0.2, 0) is 13.1 Å². The maximum Gasteiger partial charge on any atom is 0.160 e. The second-order valence-electron chi connectivity index (χ2n) is 5.30. The Hall–Kier alpha value is -2.33. The molecule has 0 aliphatic carbocycles. The van der Waals surface area contributed by atoms with Crippen molar-refractivity contribution in [1.82, 2.24) is 15.3 Å². The molecule has 0 radical (unpaired) electrons. The van der Waals surface area contributed by atoms with Crippen LogP contribution in [0.3, 0.4) is 0 Å². The van der Waals surface area contributed by atoms with Crippen LogP contribution >= 0.6 is 0 Å². The van der Waals surface area contributed by atoms with Gasteiger partial charge in [0.25, 0.3) is 0 Å². The summed E-state index contributed by atoms with van der Waals surface area (Å²) in [5.74, 6) is 0.458. The lowest BCUT2D eigenvalue weighted by Crippen LogP contribution is -2.00. The van der Waals surface area contributed by atoms with Crippen molar-refractivity contribution in [2.75, 3.05) is 0 Å². The molecule has 2 aromatic carbocycles. The molecule has 0 bridgehead atoms. The zero-order valence-corrected chi connectivity index (χ0v) is 11.7. The van der Waals surface area contributed by atoms with Gasteiger partial charge in [0.15, 0.2) is 5.82 Å². The van der Waals surface area contributed by atoms with Crippen LogP contribution in [0.2, 0.25) is 0 Å². The first kappa shape index (κ1) is 12.4. The third kappa shape index (κ3) is 1.91. The summed E-state index contributed by atoms with van der Waals surface area (Å²) in [5.41, 5.74) is 4.11. The maximum absolute atomic E-state index is 13.9. The number of nitrogens with one attached hydrogen (secondary N) is 1. The van der Waals surface area contributed by atoms with Gasteiger partial charge in [-0.2, -0.15) is 0 Å². The maximum atomic E-state index is 13.9. The number of rotatable bonds is 1. The molecule has 0 atom stereocenters. The smallest absolute Gasteiger partial charge is 0.160 e. The van der Waals surface area contributed by atoms with E-state index in [9.17, 15) is 4.39 Å². The van der Waals surface area contributed by atoms with E-state index in [2.05, 4.69) is 15.3 Å². The highest BCUT2D eigenvalue weighted by molar-refractivity contribution is 5.95. The van der Waals surface area contributed by atoms with E-state index in [0.717, 1.165) is 35.4 Å². The summed E-state index contributed by atoms with van der Waals surface area (Å²) in [6.45, 7) is 3.60. The number of aryl methyl sites for hydroxylation is 1. The minimum atomic E-state index is -0.214. The van der Waals surface area contributed by atoms with Crippen molar-refractivity contribution in [3.63, 3.8) is 0 Å². The second-order valence-corrected chi connectivity index (χ2v) is 5.30. The summed E-state index contributed by atoms with van der Waals surface area (Å²) in [6, 6.07) is 10.7. The number of hydrogen-bond donors (Lipinski definition) is 1. The molecular weight excluding hydrogens is 265 g/mol. The molecule has 2 heterocycles. The number of benzene rings is 2. The molecular formula is C17H14FN3. The van der Waals surface area contributed by atoms with Crippen molar-refractivity contribution in [3.05, 3.63) is 59.2 Å². The molecule has 3 nitrogen and oxygen atoms in total. The van der Waals surface area contributed by atoms with Gasteiger partial charge in [0.2, 0.25) is 0 Å². The molecule has 0 spiro atoms. The highest BCUT2D eigenvalue weighted by Gasteiger charge is 2.18. The van der Waals surface area contributed by atoms with Gasteiger partial charge in [-0.3, -0.25) is 0 Å². The Kier molecular flexibility index (Phi) is 2.72. The lowest BCUT2D eigenvalue weighted by Gasteiger charge is -2.09. The molecule has 3 aromatic rings. The first-order valence-corrected chi connectivity index (χ1v) is 6.99. The van der Waals surface area contributed by atoms with E-state index in [4.69, 9.17) is 0 Å². The van der Waals surface area contributed by atoms with E-state index in [-0.39, 0.29) is 5.82 Å². The van der Waals surface area contributed by atoms with Crippen LogP contribution in [-0.4, -0.2) is 9.97 Å². The van der Waals surface area contributed by atoms with Gasteiger partial charge in [0, 0.05) is 35.3 Å². The van der Waals surface area contributed by atoms with Gasteiger partial charge in [0.05, 0.1) is 5.69 Å². The van der Waals surface area contributed by atoms with Crippen LogP contribution in [0.4, 0.5) is 4.39 Å². The molecule has 0 saturated carbocycles. The van der Waals surface area contributed by atoms with Crippen molar-refractivity contribution in [2.24, 2.45) is 0 Å². The molecule has 0 fully saturated rings. The molecule has 21 heavy (non-hydrogen) atoms. The van der Waals surface area contributed by atoms with E-state index >= 15 is 0 Å². The van der Waals surface area contributed by atoms with Crippen LogP contribution in [0.5, 0.6) is 0 Å². The first-order chi connectivity index (χ1) is 10.2. The number of aromatic nitrogens is 2. The predicted octanol–water partition coefficient (Wildman–Crippen LogP) is 3.35. The Labute approximate surface area is 121 Å². The topological polar surface area (TPSA) is 37.8 Å². The molecule has 1 N–H and O–H groups in total. The van der Waals surface area contributed by atoms with E-state index in [1.54, 1.807) is 12.1 Å². The highest BCUT2D eigenvalue weighted by Crippen LogP contribution is 2.29. The summed E-state index contributed by atoms with van der Waals surface area (Å²) in [5, 5.41) is 4.75. The Bertz CT molecular complexity index is 858. The summed E-state index contributed by atoms with van der Waals surface area (Å²) < 4.78 is 13.9. The molecule has 1 aromatic heterocycles. The highest BCUT2D eigenvalue weighted by atomic mass is 19.1. The molecule has 0 amide bonds. The molecule has 4 rings (SSSR count). The molecule has 0 unspecified atom stereocenters. The van der Waals surface area contributed by atoms with Crippen LogP contribution in [0, 0.1) is 12.7 Å². The van der Waals surface area contributed by atoms with Gasteiger partial charge in [-0.05, 0) is 24.4 Å². The zero-order chi connectivity index (χ0) is 14.4. The van der Waals surface area contributed by atoms with Crippen LogP contribution in [0.25, 0.3) is 22.2 Å². The van der Waals surface area contributed by atoms with Gasteiger partial charge in [0.1, 0.15) is 5.82 Å². The van der Waals surface area contributed by atoms with Crippen molar-refractivity contribution >= 4 is 10.8 Å². The third-order valence-corrected chi connectivity index (χ3v) is 4.01. The zero-order valence-electron chi connectivity index (χ0n) is 11.7. The molecule has 1 aliphatic rings. The first-order valence-electron chi connectivity index (χ1n) is 6.99. The molecule has 0 saturated heterocycles. The normalized spacial score (nSPS) is 13.6. The van der Waals surface area contributed by atoms with E-state index in [0.29, 0.717) is 11.2 Å². The van der Waals surface area contributed by atoms with Gasteiger partial charge in [-0.15, -0.1) is 0 Å². The number of nitrogens with zero attached hydrogens (tertiary/aromatic N) is 2. The fourth-order valence-corrected chi connectivity index (χ4v) is 2.92. The fourth-order valence-electron chi connectivity index (χ4n) is 2.92. The minimum absolute atomic E-state index is 0.214. The minimum Gasteiger partial charge on any atom is -0.307 e. The van der Waals surface area contributed by atoms with Crippen LogP contribution < -0.4 is 5.32 Å². The standard InChI is InChI=1S/C17H14FN3/c1-10-14-8-19-9-16(14)21-17(20-10)13-6-7-15(18)12-5-3-2-4-11(12)13/h2-7,19H,8-9H2,1H3. The Morgan fingerprint density at radius 2 is 1.81 bits per heavy atom. The van der Waals surface area contributed by atoms with E-state index in [1.165, 1.54) is 11.6 Å².